The van der Waals surface area contributed by atoms with Crippen molar-refractivity contribution < 1.29 is 14.6 Å². The van der Waals surface area contributed by atoms with Gasteiger partial charge in [-0.25, -0.2) is 4.98 Å². The Balaban J connectivity index is 2.88. The molecule has 19 heavy (non-hydrogen) atoms. The molecule has 0 aliphatic rings. The lowest BCUT2D eigenvalue weighted by Gasteiger charge is -2.31. The van der Waals surface area contributed by atoms with E-state index in [0.29, 0.717) is 17.9 Å². The number of amides is 1. The van der Waals surface area contributed by atoms with Gasteiger partial charge in [-0.2, -0.15) is 0 Å². The molecular weight excluding hydrogens is 244 g/mol. The number of methoxy groups -OCH3 is 1. The number of pyridine rings is 1. The van der Waals surface area contributed by atoms with Gasteiger partial charge in [-0.05, 0) is 24.0 Å². The van der Waals surface area contributed by atoms with E-state index in [1.54, 1.807) is 18.3 Å². The van der Waals surface area contributed by atoms with Crippen molar-refractivity contribution in [2.75, 3.05) is 13.7 Å². The smallest absolute Gasteiger partial charge is 0.257 e. The van der Waals surface area contributed by atoms with Gasteiger partial charge >= 0.3 is 0 Å². The van der Waals surface area contributed by atoms with Crippen LogP contribution in [-0.4, -0.2) is 35.8 Å². The number of aliphatic hydroxyl groups excluding tert-OH is 1. The maximum atomic E-state index is 12.2. The second kappa shape index (κ2) is 6.52. The molecule has 0 aromatic carbocycles. The average Bonchev–Trinajstić information content (AvgIpc) is 2.37. The Morgan fingerprint density at radius 2 is 2.21 bits per heavy atom. The number of hydrogen-bond donors (Lipinski definition) is 2. The molecule has 0 spiro atoms. The summed E-state index contributed by atoms with van der Waals surface area (Å²) in [6, 6.07) is 3.24. The van der Waals surface area contributed by atoms with Crippen LogP contribution in [0.2, 0.25) is 0 Å². The van der Waals surface area contributed by atoms with Gasteiger partial charge in [0.1, 0.15) is 5.56 Å². The van der Waals surface area contributed by atoms with Crippen molar-refractivity contribution in [2.45, 2.75) is 33.2 Å². The minimum absolute atomic E-state index is 0.0341. The second-order valence-corrected chi connectivity index (χ2v) is 5.46. The van der Waals surface area contributed by atoms with Crippen LogP contribution in [0.4, 0.5) is 0 Å². The quantitative estimate of drug-likeness (QED) is 0.849. The molecule has 106 valence electrons. The van der Waals surface area contributed by atoms with Crippen molar-refractivity contribution in [1.29, 1.82) is 0 Å². The predicted molar refractivity (Wildman–Crippen MR) is 73.2 cm³/mol. The molecule has 5 heteroatoms. The van der Waals surface area contributed by atoms with E-state index >= 15 is 0 Å². The number of hydrogen-bond acceptors (Lipinski definition) is 4. The first-order chi connectivity index (χ1) is 8.90. The Bertz CT molecular complexity index is 427. The Morgan fingerprint density at radius 1 is 1.53 bits per heavy atom. The zero-order valence-electron chi connectivity index (χ0n) is 11.9. The summed E-state index contributed by atoms with van der Waals surface area (Å²) in [5, 5.41) is 12.0. The van der Waals surface area contributed by atoms with Crippen LogP contribution in [-0.2, 0) is 0 Å². The van der Waals surface area contributed by atoms with Crippen molar-refractivity contribution in [3.05, 3.63) is 23.9 Å². The summed E-state index contributed by atoms with van der Waals surface area (Å²) in [6.07, 6.45) is 2.09. The van der Waals surface area contributed by atoms with Crippen LogP contribution in [0.5, 0.6) is 5.88 Å². The van der Waals surface area contributed by atoms with E-state index in [4.69, 9.17) is 9.84 Å². The van der Waals surface area contributed by atoms with Gasteiger partial charge < -0.3 is 15.2 Å². The molecule has 1 heterocycles. The molecule has 0 radical (unpaired) electrons. The third-order valence-electron chi connectivity index (χ3n) is 2.98. The van der Waals surface area contributed by atoms with Crippen LogP contribution in [0.3, 0.4) is 0 Å². The van der Waals surface area contributed by atoms with Gasteiger partial charge in [-0.3, -0.25) is 4.79 Å². The number of nitrogens with zero attached hydrogens (tertiary/aromatic N) is 1. The SMILES string of the molecule is COc1ncccc1C(=O)NC(CCO)C(C)(C)C. The molecule has 1 unspecified atom stereocenters. The maximum Gasteiger partial charge on any atom is 0.257 e. The predicted octanol–water partition coefficient (Wildman–Crippen LogP) is 1.62. The lowest BCUT2D eigenvalue weighted by Crippen LogP contribution is -2.44. The van der Waals surface area contributed by atoms with E-state index in [-0.39, 0.29) is 24.0 Å². The van der Waals surface area contributed by atoms with Gasteiger partial charge in [0.25, 0.3) is 5.91 Å². The van der Waals surface area contributed by atoms with Gasteiger partial charge in [0.05, 0.1) is 7.11 Å². The summed E-state index contributed by atoms with van der Waals surface area (Å²) in [6.45, 7) is 6.10. The third kappa shape index (κ3) is 4.21. The van der Waals surface area contributed by atoms with Crippen LogP contribution in [0, 0.1) is 5.41 Å². The topological polar surface area (TPSA) is 71.5 Å². The second-order valence-electron chi connectivity index (χ2n) is 5.46. The van der Waals surface area contributed by atoms with Gasteiger partial charge in [0.2, 0.25) is 5.88 Å². The van der Waals surface area contributed by atoms with E-state index in [1.807, 2.05) is 20.8 Å². The molecule has 0 bridgehead atoms. The van der Waals surface area contributed by atoms with E-state index in [1.165, 1.54) is 7.11 Å². The van der Waals surface area contributed by atoms with E-state index in [9.17, 15) is 4.79 Å². The Labute approximate surface area is 114 Å². The highest BCUT2D eigenvalue weighted by Crippen LogP contribution is 2.23. The monoisotopic (exact) mass is 266 g/mol. The minimum Gasteiger partial charge on any atom is -0.480 e. The van der Waals surface area contributed by atoms with Crippen molar-refractivity contribution in [2.24, 2.45) is 5.41 Å². The normalized spacial score (nSPS) is 12.9. The number of rotatable bonds is 5. The lowest BCUT2D eigenvalue weighted by molar-refractivity contribution is 0.0881. The zero-order valence-corrected chi connectivity index (χ0v) is 11.9. The highest BCUT2D eigenvalue weighted by atomic mass is 16.5. The average molecular weight is 266 g/mol. The highest BCUT2D eigenvalue weighted by molar-refractivity contribution is 5.96. The number of nitrogens with one attached hydrogen (secondary N) is 1. The zero-order chi connectivity index (χ0) is 14.5. The molecule has 1 rings (SSSR count). The first-order valence-corrected chi connectivity index (χ1v) is 6.31. The fraction of sp³-hybridized carbons (Fsp3) is 0.571. The highest BCUT2D eigenvalue weighted by Gasteiger charge is 2.27. The number of aromatic nitrogens is 1. The van der Waals surface area contributed by atoms with Gasteiger partial charge in [0, 0.05) is 18.8 Å². The number of carbonyl (C=O) groups excluding carboxylic acids is 1. The van der Waals surface area contributed by atoms with Gasteiger partial charge in [-0.1, -0.05) is 20.8 Å². The molecule has 2 N–H and O–H groups in total. The third-order valence-corrected chi connectivity index (χ3v) is 2.98. The molecule has 0 aliphatic heterocycles. The standard InChI is InChI=1S/C14H22N2O3/c1-14(2,3)11(7-9-17)16-12(18)10-6-5-8-15-13(10)19-4/h5-6,8,11,17H,7,9H2,1-4H3,(H,16,18). The molecule has 1 aromatic rings. The summed E-state index contributed by atoms with van der Waals surface area (Å²) in [4.78, 5) is 16.2. The molecule has 1 amide bonds. The Hall–Kier alpha value is -1.62. The largest absolute Gasteiger partial charge is 0.480 e. The van der Waals surface area contributed by atoms with Crippen molar-refractivity contribution in [3.8, 4) is 5.88 Å². The fourth-order valence-electron chi connectivity index (χ4n) is 1.81. The molecular formula is C14H22N2O3. The molecule has 0 fully saturated rings. The summed E-state index contributed by atoms with van der Waals surface area (Å²) >= 11 is 0. The molecule has 0 saturated heterocycles. The molecule has 1 atom stereocenters. The number of aliphatic hydroxyl groups is 1. The first-order valence-electron chi connectivity index (χ1n) is 6.31. The number of carbonyl (C=O) groups is 1. The van der Waals surface area contributed by atoms with Gasteiger partial charge in [-0.15, -0.1) is 0 Å². The summed E-state index contributed by atoms with van der Waals surface area (Å²) in [5.41, 5.74) is 0.269. The number of ether oxygens (including phenoxy) is 1. The minimum atomic E-state index is -0.238. The van der Waals surface area contributed by atoms with Crippen molar-refractivity contribution in [3.63, 3.8) is 0 Å². The van der Waals surface area contributed by atoms with Crippen LogP contribution < -0.4 is 10.1 Å². The van der Waals surface area contributed by atoms with Gasteiger partial charge in [0.15, 0.2) is 0 Å². The first kappa shape index (κ1) is 15.4. The van der Waals surface area contributed by atoms with E-state index < -0.39 is 0 Å². The van der Waals surface area contributed by atoms with Crippen LogP contribution >= 0.6 is 0 Å². The van der Waals surface area contributed by atoms with E-state index in [0.717, 1.165) is 0 Å². The molecule has 1 aromatic heterocycles. The summed E-state index contributed by atoms with van der Waals surface area (Å²) in [5.74, 6) is 0.0648. The summed E-state index contributed by atoms with van der Waals surface area (Å²) < 4.78 is 5.07. The van der Waals surface area contributed by atoms with Crippen LogP contribution in [0.25, 0.3) is 0 Å². The van der Waals surface area contributed by atoms with Crippen LogP contribution in [0.15, 0.2) is 18.3 Å². The van der Waals surface area contributed by atoms with Crippen molar-refractivity contribution >= 4 is 5.91 Å². The summed E-state index contributed by atoms with van der Waals surface area (Å²) in [7, 11) is 1.48. The lowest BCUT2D eigenvalue weighted by atomic mass is 9.85. The molecule has 5 nitrogen and oxygen atoms in total. The maximum absolute atomic E-state index is 12.2. The van der Waals surface area contributed by atoms with E-state index in [2.05, 4.69) is 10.3 Å². The van der Waals surface area contributed by atoms with Crippen molar-refractivity contribution in [1.82, 2.24) is 10.3 Å². The Kier molecular flexibility index (Phi) is 5.30. The fourth-order valence-corrected chi connectivity index (χ4v) is 1.81. The molecule has 0 aliphatic carbocycles. The Morgan fingerprint density at radius 3 is 2.74 bits per heavy atom. The molecule has 0 saturated carbocycles. The van der Waals surface area contributed by atoms with Crippen LogP contribution in [0.1, 0.15) is 37.6 Å².